The number of hydrogen-bond donors (Lipinski definition) is 2. The maximum absolute atomic E-state index is 12.2. The maximum Gasteiger partial charge on any atom is 0.225 e. The lowest BCUT2D eigenvalue weighted by Gasteiger charge is -2.20. The molecule has 2 N–H and O–H groups in total. The lowest BCUT2D eigenvalue weighted by Crippen LogP contribution is -2.13. The van der Waals surface area contributed by atoms with Gasteiger partial charge < -0.3 is 5.32 Å². The Labute approximate surface area is 170 Å². The first-order valence-corrected chi connectivity index (χ1v) is 10.4. The highest BCUT2D eigenvalue weighted by Gasteiger charge is 2.15. The molecule has 0 spiro atoms. The minimum atomic E-state index is -0.0517. The number of aromatic amines is 1. The summed E-state index contributed by atoms with van der Waals surface area (Å²) in [5.41, 5.74) is 2.03. The van der Waals surface area contributed by atoms with E-state index in [-0.39, 0.29) is 5.91 Å². The Bertz CT molecular complexity index is 912. The third-order valence-electron chi connectivity index (χ3n) is 5.38. The fourth-order valence-electron chi connectivity index (χ4n) is 3.86. The molecule has 3 aromatic rings. The average molecular weight is 393 g/mol. The zero-order valence-electron chi connectivity index (χ0n) is 16.5. The van der Waals surface area contributed by atoms with Crippen LogP contribution in [0.5, 0.6) is 0 Å². The molecule has 0 radical (unpaired) electrons. The molecule has 0 unspecified atom stereocenters. The van der Waals surface area contributed by atoms with Gasteiger partial charge in [0.2, 0.25) is 11.7 Å². The van der Waals surface area contributed by atoms with Crippen molar-refractivity contribution < 1.29 is 4.79 Å². The molecule has 1 saturated carbocycles. The molecule has 0 aliphatic heterocycles. The van der Waals surface area contributed by atoms with Gasteiger partial charge in [0.1, 0.15) is 0 Å². The molecule has 0 saturated heterocycles. The number of rotatable bonds is 8. The second-order valence-corrected chi connectivity index (χ2v) is 7.71. The molecule has 1 amide bonds. The van der Waals surface area contributed by atoms with Crippen LogP contribution in [0.15, 0.2) is 36.4 Å². The Morgan fingerprint density at radius 3 is 2.83 bits per heavy atom. The van der Waals surface area contributed by atoms with Gasteiger partial charge in [0.15, 0.2) is 5.82 Å². The fraction of sp³-hybridized carbons (Fsp3) is 0.476. The van der Waals surface area contributed by atoms with Gasteiger partial charge in [-0.15, -0.1) is 10.2 Å². The molecular formula is C21H27N7O. The van der Waals surface area contributed by atoms with Crippen molar-refractivity contribution in [2.45, 2.75) is 57.9 Å². The predicted octanol–water partition coefficient (Wildman–Crippen LogP) is 3.60. The summed E-state index contributed by atoms with van der Waals surface area (Å²) in [6.07, 6.45) is 8.64. The number of H-pyrrole nitrogens is 1. The van der Waals surface area contributed by atoms with E-state index in [0.29, 0.717) is 31.0 Å². The van der Waals surface area contributed by atoms with Crippen molar-refractivity contribution in [1.29, 1.82) is 0 Å². The van der Waals surface area contributed by atoms with E-state index in [1.165, 1.54) is 36.9 Å². The molecule has 1 aliphatic carbocycles. The Balaban J connectivity index is 1.20. The van der Waals surface area contributed by atoms with Crippen LogP contribution in [0.25, 0.3) is 11.4 Å². The summed E-state index contributed by atoms with van der Waals surface area (Å²) in [6, 6.07) is 11.7. The molecule has 2 heterocycles. The van der Waals surface area contributed by atoms with Crippen LogP contribution in [0.3, 0.4) is 0 Å². The Hall–Kier alpha value is -3.03. The zero-order valence-corrected chi connectivity index (χ0v) is 16.5. The van der Waals surface area contributed by atoms with Crippen molar-refractivity contribution in [2.75, 3.05) is 5.32 Å². The smallest absolute Gasteiger partial charge is 0.225 e. The van der Waals surface area contributed by atoms with Crippen LogP contribution in [0.4, 0.5) is 5.82 Å². The van der Waals surface area contributed by atoms with Gasteiger partial charge >= 0.3 is 0 Å². The topological polar surface area (TPSA) is 101 Å². The van der Waals surface area contributed by atoms with E-state index in [1.807, 2.05) is 36.4 Å². The number of amides is 1. The van der Waals surface area contributed by atoms with Gasteiger partial charge in [-0.25, -0.2) is 0 Å². The zero-order chi connectivity index (χ0) is 19.9. The van der Waals surface area contributed by atoms with Gasteiger partial charge in [-0.2, -0.15) is 9.90 Å². The number of benzene rings is 1. The van der Waals surface area contributed by atoms with Crippen LogP contribution in [0.1, 0.15) is 50.6 Å². The number of nitrogens with one attached hydrogen (secondary N) is 2. The van der Waals surface area contributed by atoms with Crippen molar-refractivity contribution in [3.63, 3.8) is 0 Å². The molecule has 4 rings (SSSR count). The van der Waals surface area contributed by atoms with E-state index >= 15 is 0 Å². The molecule has 1 fully saturated rings. The Kier molecular flexibility index (Phi) is 6.29. The van der Waals surface area contributed by atoms with Crippen LogP contribution in [-0.4, -0.2) is 36.3 Å². The highest BCUT2D eigenvalue weighted by molar-refractivity contribution is 5.89. The number of aromatic nitrogens is 6. The number of carbonyl (C=O) groups is 1. The van der Waals surface area contributed by atoms with Crippen molar-refractivity contribution in [1.82, 2.24) is 30.4 Å². The Morgan fingerprint density at radius 1 is 1.17 bits per heavy atom. The van der Waals surface area contributed by atoms with Gasteiger partial charge in [-0.3, -0.25) is 9.89 Å². The molecular weight excluding hydrogens is 366 g/mol. The lowest BCUT2D eigenvalue weighted by atomic mass is 9.86. The SMILES string of the molecule is O=C(CCCn1nnc(-c2ccccc2)n1)Nc1cc(CC2CCCCC2)[nH]n1. The van der Waals surface area contributed by atoms with Gasteiger partial charge in [0.25, 0.3) is 0 Å². The molecule has 8 nitrogen and oxygen atoms in total. The summed E-state index contributed by atoms with van der Waals surface area (Å²) in [5.74, 6) is 1.89. The highest BCUT2D eigenvalue weighted by Crippen LogP contribution is 2.26. The first-order chi connectivity index (χ1) is 14.3. The van der Waals surface area contributed by atoms with E-state index in [2.05, 4.69) is 30.9 Å². The van der Waals surface area contributed by atoms with E-state index in [4.69, 9.17) is 0 Å². The van der Waals surface area contributed by atoms with Crippen LogP contribution in [0, 0.1) is 5.92 Å². The predicted molar refractivity (Wildman–Crippen MR) is 110 cm³/mol. The van der Waals surface area contributed by atoms with Crippen molar-refractivity contribution in [3.8, 4) is 11.4 Å². The minimum absolute atomic E-state index is 0.0517. The van der Waals surface area contributed by atoms with Crippen molar-refractivity contribution >= 4 is 11.7 Å². The van der Waals surface area contributed by atoms with Crippen molar-refractivity contribution in [2.24, 2.45) is 5.92 Å². The molecule has 29 heavy (non-hydrogen) atoms. The molecule has 1 aromatic carbocycles. The number of hydrogen-bond acceptors (Lipinski definition) is 5. The summed E-state index contributed by atoms with van der Waals surface area (Å²) in [4.78, 5) is 13.7. The number of carbonyl (C=O) groups excluding carboxylic acids is 1. The van der Waals surface area contributed by atoms with E-state index in [9.17, 15) is 4.79 Å². The quantitative estimate of drug-likeness (QED) is 0.609. The second-order valence-electron chi connectivity index (χ2n) is 7.71. The van der Waals surface area contributed by atoms with E-state index in [0.717, 1.165) is 23.6 Å². The van der Waals surface area contributed by atoms with Gasteiger partial charge in [0, 0.05) is 23.7 Å². The maximum atomic E-state index is 12.2. The highest BCUT2D eigenvalue weighted by atomic mass is 16.1. The Morgan fingerprint density at radius 2 is 2.00 bits per heavy atom. The number of nitrogens with zero attached hydrogens (tertiary/aromatic N) is 5. The number of aryl methyl sites for hydroxylation is 1. The van der Waals surface area contributed by atoms with Gasteiger partial charge in [0.05, 0.1) is 6.54 Å². The number of tetrazole rings is 1. The molecule has 0 bridgehead atoms. The van der Waals surface area contributed by atoms with Crippen LogP contribution < -0.4 is 5.32 Å². The summed E-state index contributed by atoms with van der Waals surface area (Å²) < 4.78 is 0. The molecule has 8 heteroatoms. The fourth-order valence-corrected chi connectivity index (χ4v) is 3.86. The van der Waals surface area contributed by atoms with Crippen molar-refractivity contribution in [3.05, 3.63) is 42.1 Å². The first-order valence-electron chi connectivity index (χ1n) is 10.4. The van der Waals surface area contributed by atoms with E-state index < -0.39 is 0 Å². The lowest BCUT2D eigenvalue weighted by molar-refractivity contribution is -0.116. The summed E-state index contributed by atoms with van der Waals surface area (Å²) in [7, 11) is 0. The second kappa shape index (κ2) is 9.45. The molecule has 2 aromatic heterocycles. The first kappa shape index (κ1) is 19.3. The largest absolute Gasteiger partial charge is 0.309 e. The monoisotopic (exact) mass is 393 g/mol. The van der Waals surface area contributed by atoms with Crippen LogP contribution in [0.2, 0.25) is 0 Å². The third kappa shape index (κ3) is 5.49. The van der Waals surface area contributed by atoms with Crippen LogP contribution >= 0.6 is 0 Å². The average Bonchev–Trinajstić information content (AvgIpc) is 3.39. The van der Waals surface area contributed by atoms with E-state index in [1.54, 1.807) is 0 Å². The number of anilines is 1. The van der Waals surface area contributed by atoms with Gasteiger partial charge in [-0.1, -0.05) is 62.4 Å². The molecule has 152 valence electrons. The third-order valence-corrected chi connectivity index (χ3v) is 5.38. The summed E-state index contributed by atoms with van der Waals surface area (Å²) >= 11 is 0. The molecule has 0 atom stereocenters. The van der Waals surface area contributed by atoms with Crippen LogP contribution in [-0.2, 0) is 17.8 Å². The minimum Gasteiger partial charge on any atom is -0.309 e. The summed E-state index contributed by atoms with van der Waals surface area (Å²) in [5, 5.41) is 22.7. The standard InChI is InChI=1S/C21H27N7O/c29-20(22-19-15-18(23-24-19)14-16-8-3-1-4-9-16)12-7-13-28-26-21(25-27-28)17-10-5-2-6-11-17/h2,5-6,10-11,15-16H,1,3-4,7-9,12-14H2,(H2,22,23,24,29). The normalized spacial score (nSPS) is 14.8. The molecule has 1 aliphatic rings. The van der Waals surface area contributed by atoms with Gasteiger partial charge in [-0.05, 0) is 24.0 Å². The summed E-state index contributed by atoms with van der Waals surface area (Å²) in [6.45, 7) is 0.542.